The lowest BCUT2D eigenvalue weighted by Crippen LogP contribution is -2.27. The van der Waals surface area contributed by atoms with Crippen LogP contribution in [0.1, 0.15) is 67.0 Å². The van der Waals surface area contributed by atoms with Crippen LogP contribution < -0.4 is 0 Å². The Morgan fingerprint density at radius 3 is 0.915 bits per heavy atom. The second kappa shape index (κ2) is 16.3. The zero-order valence-electron chi connectivity index (χ0n) is 46.0. The first-order valence-electron chi connectivity index (χ1n) is 28.8. The number of aromatic nitrogens is 2. The van der Waals surface area contributed by atoms with Gasteiger partial charge in [-0.3, -0.25) is 9.97 Å². The van der Waals surface area contributed by atoms with Gasteiger partial charge in [-0.05, 0) is 242 Å². The van der Waals surface area contributed by atoms with Crippen LogP contribution in [0.15, 0.2) is 243 Å². The Morgan fingerprint density at radius 1 is 0.244 bits per heavy atom. The van der Waals surface area contributed by atoms with Crippen molar-refractivity contribution in [2.45, 2.75) is 38.5 Å². The van der Waals surface area contributed by atoms with E-state index in [2.05, 4.69) is 258 Å². The summed E-state index contributed by atoms with van der Waals surface area (Å²) in [5.41, 5.74) is 31.0. The normalized spacial score (nSPS) is 16.4. The first kappa shape index (κ1) is 45.8. The van der Waals surface area contributed by atoms with Gasteiger partial charge >= 0.3 is 0 Å². The Hall–Kier alpha value is -10.0. The van der Waals surface area contributed by atoms with Crippen LogP contribution >= 0.6 is 0 Å². The van der Waals surface area contributed by atoms with Crippen LogP contribution in [0.2, 0.25) is 0 Å². The largest absolute Gasteiger partial charge is 0.259 e. The summed E-state index contributed by atoms with van der Waals surface area (Å²) >= 11 is 0. The lowest BCUT2D eigenvalue weighted by Gasteiger charge is -2.31. The number of nitrogens with zero attached hydrogens (tertiary/aromatic N) is 2. The maximum absolute atomic E-state index is 5.50. The van der Waals surface area contributed by atoms with Crippen molar-refractivity contribution in [2.24, 2.45) is 0 Å². The van der Waals surface area contributed by atoms with Gasteiger partial charge in [0.1, 0.15) is 0 Å². The van der Waals surface area contributed by atoms with Crippen LogP contribution in [0.4, 0.5) is 0 Å². The van der Waals surface area contributed by atoms with E-state index in [1.807, 2.05) is 12.4 Å². The summed E-state index contributed by atoms with van der Waals surface area (Å²) in [5, 5.41) is 10.0. The fraction of sp³-hybridized carbons (Fsp3) is 0.0750. The van der Waals surface area contributed by atoms with Gasteiger partial charge in [-0.2, -0.15) is 0 Å². The van der Waals surface area contributed by atoms with E-state index < -0.39 is 10.8 Å². The highest BCUT2D eigenvalue weighted by Gasteiger charge is 2.55. The Bertz CT molecular complexity index is 4800. The standard InChI is InChI=1S/C80H52N2/c1-45-35-67-65-23-13-33-81-77(65)79(69(67)37-47(45)3)71-41-49(25-29-61(71)63-31-27-55(43-73(63)79)75-57-19-9-5-15-51(57)39-52-16-6-10-20-58(52)75)50-26-30-62-64-32-28-56(76-59-21-11-7-17-53(59)40-54-18-8-12-22-60(54)76)44-74(64)80(72(62)42-50)70-38-48(4)46(2)36-68(70)66-24-14-34-82-78(66)80/h5-44H,1-4H3/t79-,80-/m1/s1. The molecule has 82 heavy (non-hydrogen) atoms. The minimum atomic E-state index is -0.680. The van der Waals surface area contributed by atoms with Crippen molar-refractivity contribution >= 4 is 43.1 Å². The Labute approximate surface area is 476 Å². The van der Waals surface area contributed by atoms with E-state index >= 15 is 0 Å². The maximum atomic E-state index is 5.50. The molecule has 18 rings (SSSR count). The van der Waals surface area contributed by atoms with Gasteiger partial charge in [0.2, 0.25) is 0 Å². The molecule has 2 heteroatoms. The summed E-state index contributed by atoms with van der Waals surface area (Å²) in [6.45, 7) is 9.04. The van der Waals surface area contributed by atoms with Crippen LogP contribution in [-0.4, -0.2) is 9.97 Å². The third-order valence-corrected chi connectivity index (χ3v) is 19.7. The van der Waals surface area contributed by atoms with E-state index in [0.717, 1.165) is 11.4 Å². The highest BCUT2D eigenvalue weighted by Crippen LogP contribution is 2.66. The van der Waals surface area contributed by atoms with Crippen LogP contribution in [0.25, 0.3) is 121 Å². The molecule has 0 unspecified atom stereocenters. The molecule has 14 aromatic rings. The van der Waals surface area contributed by atoms with Crippen molar-refractivity contribution in [1.29, 1.82) is 0 Å². The number of benzene rings is 12. The van der Waals surface area contributed by atoms with E-state index in [1.165, 1.54) is 177 Å². The van der Waals surface area contributed by atoms with Gasteiger partial charge in [0.05, 0.1) is 22.2 Å². The van der Waals surface area contributed by atoms with Crippen LogP contribution in [0, 0.1) is 27.7 Å². The highest BCUT2D eigenvalue weighted by atomic mass is 14.8. The van der Waals surface area contributed by atoms with Gasteiger partial charge in [0, 0.05) is 23.5 Å². The molecule has 2 heterocycles. The van der Waals surface area contributed by atoms with Crippen molar-refractivity contribution in [2.75, 3.05) is 0 Å². The molecule has 0 N–H and O–H groups in total. The zero-order chi connectivity index (χ0) is 54.3. The summed E-state index contributed by atoms with van der Waals surface area (Å²) in [6.07, 6.45) is 4.02. The summed E-state index contributed by atoms with van der Waals surface area (Å²) in [6, 6.07) is 88.1. The molecular formula is C80H52N2. The van der Waals surface area contributed by atoms with Gasteiger partial charge in [0.15, 0.2) is 0 Å². The molecule has 0 saturated carbocycles. The number of aryl methyl sites for hydroxylation is 4. The Morgan fingerprint density at radius 2 is 0.549 bits per heavy atom. The van der Waals surface area contributed by atoms with Crippen molar-refractivity contribution < 1.29 is 0 Å². The van der Waals surface area contributed by atoms with Crippen LogP contribution in [-0.2, 0) is 10.8 Å². The molecule has 0 bridgehead atoms. The van der Waals surface area contributed by atoms with Crippen LogP contribution in [0.3, 0.4) is 0 Å². The summed E-state index contributed by atoms with van der Waals surface area (Å²) < 4.78 is 0. The van der Waals surface area contributed by atoms with Crippen molar-refractivity contribution in [1.82, 2.24) is 9.97 Å². The topological polar surface area (TPSA) is 25.8 Å². The molecule has 0 radical (unpaired) electrons. The van der Waals surface area contributed by atoms with Crippen molar-refractivity contribution in [3.8, 4) is 77.9 Å². The number of rotatable bonds is 3. The number of hydrogen-bond acceptors (Lipinski definition) is 2. The Balaban J connectivity index is 0.890. The average Bonchev–Trinajstić information content (AvgIpc) is 1.66. The molecule has 2 aromatic heterocycles. The SMILES string of the molecule is Cc1cc2c(cc1C)[C@]1(c3cc(-c4ccc5c(c4)[C@@]4(c6cc(-c7c8ccccc8cc8ccccc78)ccc6-5)c5cc(C)c(C)cc5-c5cccnc54)ccc3-c3ccc(-c4c5ccccc5cc5ccccc45)cc31)c1ncccc1-2. The van der Waals surface area contributed by atoms with Gasteiger partial charge in [-0.15, -0.1) is 0 Å². The first-order chi connectivity index (χ1) is 40.3. The second-order valence-corrected chi connectivity index (χ2v) is 23.7. The quantitative estimate of drug-likeness (QED) is 0.165. The van der Waals surface area contributed by atoms with Gasteiger partial charge in [0.25, 0.3) is 0 Å². The first-order valence-corrected chi connectivity index (χ1v) is 28.8. The molecule has 12 aromatic carbocycles. The summed E-state index contributed by atoms with van der Waals surface area (Å²) in [7, 11) is 0. The van der Waals surface area contributed by atoms with Crippen molar-refractivity contribution in [3.63, 3.8) is 0 Å². The van der Waals surface area contributed by atoms with Crippen molar-refractivity contribution in [3.05, 3.63) is 310 Å². The summed E-state index contributed by atoms with van der Waals surface area (Å²) in [4.78, 5) is 11.0. The highest BCUT2D eigenvalue weighted by molar-refractivity contribution is 6.15. The third kappa shape index (κ3) is 5.78. The maximum Gasteiger partial charge on any atom is 0.0898 e. The Kier molecular flexibility index (Phi) is 9.11. The molecule has 0 amide bonds. The third-order valence-electron chi connectivity index (χ3n) is 19.7. The van der Waals surface area contributed by atoms with Gasteiger partial charge in [-0.25, -0.2) is 0 Å². The predicted molar refractivity (Wildman–Crippen MR) is 340 cm³/mol. The molecule has 2 nitrogen and oxygen atoms in total. The molecular weight excluding hydrogens is 989 g/mol. The number of fused-ring (bicyclic) bond motifs is 24. The van der Waals surface area contributed by atoms with Crippen LogP contribution in [0.5, 0.6) is 0 Å². The minimum Gasteiger partial charge on any atom is -0.259 e. The molecule has 382 valence electrons. The molecule has 4 aliphatic carbocycles. The molecule has 2 atom stereocenters. The van der Waals surface area contributed by atoms with E-state index in [4.69, 9.17) is 9.97 Å². The molecule has 0 fully saturated rings. The predicted octanol–water partition coefficient (Wildman–Crippen LogP) is 20.0. The minimum absolute atomic E-state index is 0.680. The summed E-state index contributed by atoms with van der Waals surface area (Å²) in [5.74, 6) is 0. The van der Waals surface area contributed by atoms with Gasteiger partial charge < -0.3 is 0 Å². The fourth-order valence-corrected chi connectivity index (χ4v) is 15.9. The van der Waals surface area contributed by atoms with E-state index in [0.29, 0.717) is 0 Å². The second-order valence-electron chi connectivity index (χ2n) is 23.7. The monoisotopic (exact) mass is 1040 g/mol. The van der Waals surface area contributed by atoms with E-state index in [-0.39, 0.29) is 0 Å². The fourth-order valence-electron chi connectivity index (χ4n) is 15.9. The number of hydrogen-bond donors (Lipinski definition) is 0. The molecule has 0 aliphatic heterocycles. The van der Waals surface area contributed by atoms with E-state index in [1.54, 1.807) is 0 Å². The van der Waals surface area contributed by atoms with E-state index in [9.17, 15) is 0 Å². The molecule has 4 aliphatic rings. The molecule has 2 spiro atoms. The lowest BCUT2D eigenvalue weighted by atomic mass is 9.70. The number of pyridine rings is 2. The molecule has 0 saturated heterocycles. The average molecular weight is 1040 g/mol. The zero-order valence-corrected chi connectivity index (χ0v) is 46.0. The smallest absolute Gasteiger partial charge is 0.0898 e. The lowest BCUT2D eigenvalue weighted by molar-refractivity contribution is 0.758. The van der Waals surface area contributed by atoms with Gasteiger partial charge in [-0.1, -0.05) is 182 Å².